The van der Waals surface area contributed by atoms with Gasteiger partial charge in [-0.25, -0.2) is 14.4 Å². The average molecular weight is 361 g/mol. The van der Waals surface area contributed by atoms with Crippen LogP contribution in [-0.2, 0) is 6.54 Å². The number of hydrogen-bond acceptors (Lipinski definition) is 6. The summed E-state index contributed by atoms with van der Waals surface area (Å²) in [5.74, 6) is 1.38. The summed E-state index contributed by atoms with van der Waals surface area (Å²) in [5.41, 5.74) is 3.30. The Morgan fingerprint density at radius 1 is 1.21 bits per heavy atom. The lowest BCUT2D eigenvalue weighted by molar-refractivity contribution is 0.414. The van der Waals surface area contributed by atoms with Crippen molar-refractivity contribution in [2.24, 2.45) is 0 Å². The molecule has 0 aliphatic carbocycles. The molecule has 0 spiro atoms. The first-order valence-corrected chi connectivity index (χ1v) is 8.97. The number of aryl methyl sites for hydroxylation is 1. The van der Waals surface area contributed by atoms with Gasteiger partial charge in [-0.15, -0.1) is 11.3 Å². The molecule has 1 aromatic carbocycles. The quantitative estimate of drug-likeness (QED) is 0.595. The molecule has 7 heteroatoms. The van der Waals surface area contributed by atoms with Crippen molar-refractivity contribution in [3.05, 3.63) is 64.4 Å². The zero-order valence-corrected chi connectivity index (χ0v) is 14.9. The summed E-state index contributed by atoms with van der Waals surface area (Å²) in [5, 5.41) is 2.71. The van der Waals surface area contributed by atoms with E-state index in [1.165, 1.54) is 29.4 Å². The van der Waals surface area contributed by atoms with Crippen LogP contribution in [0, 0.1) is 12.7 Å². The number of ether oxygens (including phenoxy) is 1. The van der Waals surface area contributed by atoms with Crippen molar-refractivity contribution in [1.29, 1.82) is 0 Å². The molecular formula is C17H16FN3OS2. The van der Waals surface area contributed by atoms with Crippen LogP contribution < -0.4 is 9.04 Å². The highest BCUT2D eigenvalue weighted by Gasteiger charge is 2.13. The zero-order valence-electron chi connectivity index (χ0n) is 13.3. The molecule has 0 saturated heterocycles. The SMILES string of the molecule is COc1ccc(CN(Sc2ccc(F)c(C)n2)c2cscn2)cc1. The highest BCUT2D eigenvalue weighted by atomic mass is 32.2. The van der Waals surface area contributed by atoms with Gasteiger partial charge >= 0.3 is 0 Å². The fourth-order valence-electron chi connectivity index (χ4n) is 2.07. The molecule has 0 amide bonds. The average Bonchev–Trinajstić information content (AvgIpc) is 3.13. The second-order valence-corrected chi connectivity index (χ2v) is 6.80. The van der Waals surface area contributed by atoms with E-state index in [0.29, 0.717) is 12.2 Å². The van der Waals surface area contributed by atoms with Crippen molar-refractivity contribution in [2.75, 3.05) is 11.4 Å². The fourth-order valence-corrected chi connectivity index (χ4v) is 3.62. The Balaban J connectivity index is 1.82. The van der Waals surface area contributed by atoms with Gasteiger partial charge in [0.2, 0.25) is 0 Å². The molecule has 0 aliphatic heterocycles. The number of hydrogen-bond donors (Lipinski definition) is 0. The molecule has 24 heavy (non-hydrogen) atoms. The first kappa shape index (κ1) is 16.7. The van der Waals surface area contributed by atoms with Crippen molar-refractivity contribution in [1.82, 2.24) is 9.97 Å². The lowest BCUT2D eigenvalue weighted by Crippen LogP contribution is -2.14. The molecular weight excluding hydrogens is 345 g/mol. The maximum Gasteiger partial charge on any atom is 0.150 e. The van der Waals surface area contributed by atoms with E-state index in [-0.39, 0.29) is 5.82 Å². The van der Waals surface area contributed by atoms with Crippen LogP contribution in [0.4, 0.5) is 10.2 Å². The molecule has 0 fully saturated rings. The molecule has 124 valence electrons. The maximum absolute atomic E-state index is 13.4. The Kier molecular flexibility index (Phi) is 5.32. The summed E-state index contributed by atoms with van der Waals surface area (Å²) in [6.45, 7) is 2.31. The molecule has 0 N–H and O–H groups in total. The van der Waals surface area contributed by atoms with Gasteiger partial charge in [-0.3, -0.25) is 4.31 Å². The number of pyridine rings is 1. The minimum atomic E-state index is -0.297. The van der Waals surface area contributed by atoms with Crippen LogP contribution in [-0.4, -0.2) is 17.1 Å². The van der Waals surface area contributed by atoms with Gasteiger partial charge in [-0.2, -0.15) is 0 Å². The lowest BCUT2D eigenvalue weighted by Gasteiger charge is -2.20. The van der Waals surface area contributed by atoms with E-state index >= 15 is 0 Å². The van der Waals surface area contributed by atoms with Crippen LogP contribution in [0.15, 0.2) is 52.3 Å². The van der Waals surface area contributed by atoms with E-state index in [9.17, 15) is 4.39 Å². The Hall–Kier alpha value is -2.12. The molecule has 3 aromatic rings. The summed E-state index contributed by atoms with van der Waals surface area (Å²) < 4.78 is 20.7. The van der Waals surface area contributed by atoms with Crippen molar-refractivity contribution >= 4 is 29.1 Å². The Morgan fingerprint density at radius 3 is 2.62 bits per heavy atom. The van der Waals surface area contributed by atoms with E-state index in [1.807, 2.05) is 34.0 Å². The van der Waals surface area contributed by atoms with Gasteiger partial charge in [0, 0.05) is 17.3 Å². The first-order chi connectivity index (χ1) is 11.7. The monoisotopic (exact) mass is 361 g/mol. The third kappa shape index (κ3) is 4.04. The van der Waals surface area contributed by atoms with E-state index in [1.54, 1.807) is 25.6 Å². The second-order valence-electron chi connectivity index (χ2n) is 5.04. The van der Waals surface area contributed by atoms with Crippen molar-refractivity contribution in [3.63, 3.8) is 0 Å². The number of benzene rings is 1. The molecule has 4 nitrogen and oxygen atoms in total. The highest BCUT2D eigenvalue weighted by Crippen LogP contribution is 2.30. The number of halogens is 1. The van der Waals surface area contributed by atoms with Gasteiger partial charge in [-0.1, -0.05) is 12.1 Å². The van der Waals surface area contributed by atoms with Crippen molar-refractivity contribution in [3.8, 4) is 5.75 Å². The van der Waals surface area contributed by atoms with Gasteiger partial charge in [0.15, 0.2) is 0 Å². The molecule has 0 atom stereocenters. The van der Waals surface area contributed by atoms with Crippen LogP contribution >= 0.6 is 23.3 Å². The molecule has 2 heterocycles. The Morgan fingerprint density at radius 2 is 2.00 bits per heavy atom. The molecule has 0 saturated carbocycles. The minimum absolute atomic E-state index is 0.297. The van der Waals surface area contributed by atoms with Gasteiger partial charge in [0.25, 0.3) is 0 Å². The summed E-state index contributed by atoms with van der Waals surface area (Å²) in [6, 6.07) is 11.0. The van der Waals surface area contributed by atoms with Crippen LogP contribution in [0.3, 0.4) is 0 Å². The van der Waals surface area contributed by atoms with E-state index < -0.39 is 0 Å². The molecule has 3 rings (SSSR count). The topological polar surface area (TPSA) is 38.2 Å². The molecule has 2 aromatic heterocycles. The molecule has 0 aliphatic rings. The first-order valence-electron chi connectivity index (χ1n) is 7.25. The van der Waals surface area contributed by atoms with Gasteiger partial charge in [0.05, 0.1) is 24.9 Å². The summed E-state index contributed by atoms with van der Waals surface area (Å²) in [6.07, 6.45) is 0. The van der Waals surface area contributed by atoms with Crippen LogP contribution in [0.25, 0.3) is 0 Å². The largest absolute Gasteiger partial charge is 0.497 e. The zero-order chi connectivity index (χ0) is 16.9. The molecule has 0 unspecified atom stereocenters. The van der Waals surface area contributed by atoms with Crippen molar-refractivity contribution in [2.45, 2.75) is 18.5 Å². The second kappa shape index (κ2) is 7.63. The Labute approximate surface area is 148 Å². The van der Waals surface area contributed by atoms with Gasteiger partial charge in [0.1, 0.15) is 22.4 Å². The predicted octanol–water partition coefficient (Wildman–Crippen LogP) is 4.71. The third-order valence-corrected chi connectivity index (χ3v) is 4.88. The number of methoxy groups -OCH3 is 1. The summed E-state index contributed by atoms with van der Waals surface area (Å²) in [7, 11) is 1.65. The molecule has 0 radical (unpaired) electrons. The number of aromatic nitrogens is 2. The van der Waals surface area contributed by atoms with Gasteiger partial charge in [-0.05, 0) is 36.8 Å². The smallest absolute Gasteiger partial charge is 0.150 e. The molecule has 0 bridgehead atoms. The standard InChI is InChI=1S/C17H16FN3OS2/c1-12-15(18)7-8-17(20-12)24-21(16-10-23-11-19-16)9-13-3-5-14(22-2)6-4-13/h3-8,10-11H,9H2,1-2H3. The number of thiazole rings is 1. The normalized spacial score (nSPS) is 10.6. The minimum Gasteiger partial charge on any atom is -0.497 e. The summed E-state index contributed by atoms with van der Waals surface area (Å²) in [4.78, 5) is 8.67. The van der Waals surface area contributed by atoms with E-state index in [2.05, 4.69) is 9.97 Å². The lowest BCUT2D eigenvalue weighted by atomic mass is 10.2. The predicted molar refractivity (Wildman–Crippen MR) is 96.1 cm³/mol. The summed E-state index contributed by atoms with van der Waals surface area (Å²) >= 11 is 2.98. The Bertz CT molecular complexity index is 794. The van der Waals surface area contributed by atoms with Gasteiger partial charge < -0.3 is 4.74 Å². The van der Waals surface area contributed by atoms with Crippen LogP contribution in [0.5, 0.6) is 5.75 Å². The van der Waals surface area contributed by atoms with Crippen molar-refractivity contribution < 1.29 is 9.13 Å². The third-order valence-electron chi connectivity index (χ3n) is 3.36. The highest BCUT2D eigenvalue weighted by molar-refractivity contribution is 8.00. The number of nitrogens with zero attached hydrogens (tertiary/aromatic N) is 3. The number of anilines is 1. The van der Waals surface area contributed by atoms with E-state index in [4.69, 9.17) is 4.74 Å². The number of rotatable bonds is 6. The van der Waals surface area contributed by atoms with E-state index in [0.717, 1.165) is 22.2 Å². The van der Waals surface area contributed by atoms with Crippen LogP contribution in [0.1, 0.15) is 11.3 Å². The van der Waals surface area contributed by atoms with Crippen LogP contribution in [0.2, 0.25) is 0 Å². The maximum atomic E-state index is 13.4. The fraction of sp³-hybridized carbons (Fsp3) is 0.176.